The summed E-state index contributed by atoms with van der Waals surface area (Å²) in [6.07, 6.45) is 8.95. The Morgan fingerprint density at radius 3 is 3.36 bits per heavy atom. The average Bonchev–Trinajstić information content (AvgIpc) is 2.28. The number of aliphatic imine (C=N–C) groups is 1. The van der Waals surface area contributed by atoms with Gasteiger partial charge < -0.3 is 5.32 Å². The SMILES string of the molecule is CCNCC1=CCC=NC=C1. The summed E-state index contributed by atoms with van der Waals surface area (Å²) in [6, 6.07) is 0. The molecule has 2 heteroatoms. The van der Waals surface area contributed by atoms with E-state index >= 15 is 0 Å². The van der Waals surface area contributed by atoms with Crippen LogP contribution in [0.25, 0.3) is 0 Å². The van der Waals surface area contributed by atoms with Crippen molar-refractivity contribution in [3.63, 3.8) is 0 Å². The van der Waals surface area contributed by atoms with Crippen molar-refractivity contribution in [2.24, 2.45) is 4.99 Å². The van der Waals surface area contributed by atoms with Crippen LogP contribution in [0.15, 0.2) is 28.9 Å². The molecule has 1 N–H and O–H groups in total. The third kappa shape index (κ3) is 3.14. The third-order valence-electron chi connectivity index (χ3n) is 1.54. The van der Waals surface area contributed by atoms with Crippen LogP contribution in [0.2, 0.25) is 0 Å². The van der Waals surface area contributed by atoms with Gasteiger partial charge in [-0.05, 0) is 18.2 Å². The lowest BCUT2D eigenvalue weighted by Crippen LogP contribution is -2.15. The van der Waals surface area contributed by atoms with E-state index in [1.165, 1.54) is 5.57 Å². The van der Waals surface area contributed by atoms with Crippen LogP contribution in [0.5, 0.6) is 0 Å². The molecule has 1 aliphatic rings. The first kappa shape index (κ1) is 8.21. The number of hydrogen-bond donors (Lipinski definition) is 1. The molecule has 0 spiro atoms. The molecule has 0 amide bonds. The Kier molecular flexibility index (Phi) is 3.62. The lowest BCUT2D eigenvalue weighted by atomic mass is 10.2. The van der Waals surface area contributed by atoms with Gasteiger partial charge >= 0.3 is 0 Å². The van der Waals surface area contributed by atoms with Crippen molar-refractivity contribution in [2.75, 3.05) is 13.1 Å². The molecule has 0 aliphatic carbocycles. The monoisotopic (exact) mass is 150 g/mol. The highest BCUT2D eigenvalue weighted by atomic mass is 14.8. The highest BCUT2D eigenvalue weighted by Crippen LogP contribution is 2.00. The summed E-state index contributed by atoms with van der Waals surface area (Å²) < 4.78 is 0. The first-order valence-corrected chi connectivity index (χ1v) is 4.01. The van der Waals surface area contributed by atoms with Gasteiger partial charge in [0.15, 0.2) is 0 Å². The quantitative estimate of drug-likeness (QED) is 0.648. The number of likely N-dealkylation sites (N-methyl/N-ethyl adjacent to an activating group) is 1. The predicted molar refractivity (Wildman–Crippen MR) is 48.9 cm³/mol. The molecule has 11 heavy (non-hydrogen) atoms. The van der Waals surface area contributed by atoms with E-state index in [4.69, 9.17) is 0 Å². The summed E-state index contributed by atoms with van der Waals surface area (Å²) in [5, 5.41) is 3.27. The van der Waals surface area contributed by atoms with Gasteiger partial charge in [-0.2, -0.15) is 0 Å². The first-order chi connectivity index (χ1) is 5.43. The maximum atomic E-state index is 4.04. The van der Waals surface area contributed by atoms with Gasteiger partial charge in [0.2, 0.25) is 0 Å². The predicted octanol–water partition coefficient (Wildman–Crippen LogP) is 1.51. The minimum absolute atomic E-state index is 0.952. The summed E-state index contributed by atoms with van der Waals surface area (Å²) in [5.41, 5.74) is 1.32. The molecule has 0 aromatic carbocycles. The number of hydrogen-bond acceptors (Lipinski definition) is 2. The number of allylic oxidation sites excluding steroid dienone is 1. The van der Waals surface area contributed by atoms with Crippen LogP contribution in [-0.4, -0.2) is 19.3 Å². The average molecular weight is 150 g/mol. The second-order valence-electron chi connectivity index (χ2n) is 2.44. The molecule has 0 aromatic heterocycles. The maximum absolute atomic E-state index is 4.04. The molecule has 2 nitrogen and oxygen atoms in total. The second-order valence-corrected chi connectivity index (χ2v) is 2.44. The normalized spacial score (nSPS) is 16.3. The van der Waals surface area contributed by atoms with E-state index in [1.807, 2.05) is 18.5 Å². The molecule has 0 atom stereocenters. The summed E-state index contributed by atoms with van der Waals surface area (Å²) in [6.45, 7) is 4.08. The van der Waals surface area contributed by atoms with E-state index in [-0.39, 0.29) is 0 Å². The van der Waals surface area contributed by atoms with Gasteiger partial charge in [-0.15, -0.1) is 0 Å². The van der Waals surface area contributed by atoms with Gasteiger partial charge in [-0.25, -0.2) is 0 Å². The van der Waals surface area contributed by atoms with Crippen molar-refractivity contribution in [3.05, 3.63) is 23.9 Å². The highest BCUT2D eigenvalue weighted by Gasteiger charge is 1.91. The Labute approximate surface area is 67.7 Å². The number of rotatable bonds is 3. The van der Waals surface area contributed by atoms with E-state index in [0.29, 0.717) is 0 Å². The van der Waals surface area contributed by atoms with Gasteiger partial charge in [0, 0.05) is 25.4 Å². The van der Waals surface area contributed by atoms with E-state index in [2.05, 4.69) is 23.3 Å². The van der Waals surface area contributed by atoms with E-state index < -0.39 is 0 Å². The molecule has 0 aromatic rings. The van der Waals surface area contributed by atoms with Gasteiger partial charge in [-0.1, -0.05) is 13.0 Å². The molecular formula is C9H14N2. The largest absolute Gasteiger partial charge is 0.313 e. The summed E-state index contributed by atoms with van der Waals surface area (Å²) in [5.74, 6) is 0. The fraction of sp³-hybridized carbons (Fsp3) is 0.444. The zero-order chi connectivity index (χ0) is 7.94. The Bertz CT molecular complexity index is 190. The number of nitrogens with zero attached hydrogens (tertiary/aromatic N) is 1. The number of nitrogens with one attached hydrogen (secondary N) is 1. The van der Waals surface area contributed by atoms with Crippen molar-refractivity contribution in [2.45, 2.75) is 13.3 Å². The van der Waals surface area contributed by atoms with Crippen molar-refractivity contribution in [1.29, 1.82) is 0 Å². The minimum Gasteiger partial charge on any atom is -0.313 e. The summed E-state index contributed by atoms with van der Waals surface area (Å²) in [4.78, 5) is 4.04. The van der Waals surface area contributed by atoms with Crippen molar-refractivity contribution in [3.8, 4) is 0 Å². The van der Waals surface area contributed by atoms with Crippen LogP contribution in [0.4, 0.5) is 0 Å². The Morgan fingerprint density at radius 1 is 1.64 bits per heavy atom. The maximum Gasteiger partial charge on any atom is 0.0267 e. The molecule has 0 bridgehead atoms. The summed E-state index contributed by atoms with van der Waals surface area (Å²) in [7, 11) is 0. The fourth-order valence-electron chi connectivity index (χ4n) is 0.933. The molecule has 0 saturated heterocycles. The highest BCUT2D eigenvalue weighted by molar-refractivity contribution is 5.61. The van der Waals surface area contributed by atoms with Gasteiger partial charge in [-0.3, -0.25) is 4.99 Å². The molecule has 60 valence electrons. The zero-order valence-corrected chi connectivity index (χ0v) is 6.88. The van der Waals surface area contributed by atoms with E-state index in [0.717, 1.165) is 19.5 Å². The van der Waals surface area contributed by atoms with Crippen LogP contribution < -0.4 is 5.32 Å². The topological polar surface area (TPSA) is 24.4 Å². The molecule has 1 rings (SSSR count). The Morgan fingerprint density at radius 2 is 2.55 bits per heavy atom. The molecule has 1 heterocycles. The van der Waals surface area contributed by atoms with Crippen LogP contribution in [0, 0.1) is 0 Å². The molecule has 0 radical (unpaired) electrons. The third-order valence-corrected chi connectivity index (χ3v) is 1.54. The van der Waals surface area contributed by atoms with Gasteiger partial charge in [0.25, 0.3) is 0 Å². The Hall–Kier alpha value is -0.890. The first-order valence-electron chi connectivity index (χ1n) is 4.01. The smallest absolute Gasteiger partial charge is 0.0267 e. The molecular weight excluding hydrogens is 136 g/mol. The lowest BCUT2D eigenvalue weighted by Gasteiger charge is -2.00. The fourth-order valence-corrected chi connectivity index (χ4v) is 0.933. The van der Waals surface area contributed by atoms with Crippen molar-refractivity contribution >= 4 is 6.21 Å². The van der Waals surface area contributed by atoms with Gasteiger partial charge in [0.1, 0.15) is 0 Å². The zero-order valence-electron chi connectivity index (χ0n) is 6.88. The van der Waals surface area contributed by atoms with Crippen LogP contribution in [0.3, 0.4) is 0 Å². The van der Waals surface area contributed by atoms with Crippen molar-refractivity contribution in [1.82, 2.24) is 5.32 Å². The Balaban J connectivity index is 2.38. The van der Waals surface area contributed by atoms with Crippen LogP contribution >= 0.6 is 0 Å². The van der Waals surface area contributed by atoms with E-state index in [9.17, 15) is 0 Å². The minimum atomic E-state index is 0.952. The standard InChI is InChI=1S/C9H14N2/c1-2-10-8-9-4-3-6-11-7-5-9/h4-7,10H,2-3,8H2,1H3. The van der Waals surface area contributed by atoms with Crippen molar-refractivity contribution < 1.29 is 0 Å². The molecule has 1 aliphatic heterocycles. The lowest BCUT2D eigenvalue weighted by molar-refractivity contribution is 0.784. The molecule has 0 saturated carbocycles. The molecule has 0 fully saturated rings. The van der Waals surface area contributed by atoms with Crippen LogP contribution in [0.1, 0.15) is 13.3 Å². The summed E-state index contributed by atoms with van der Waals surface area (Å²) >= 11 is 0. The van der Waals surface area contributed by atoms with Gasteiger partial charge in [0.05, 0.1) is 0 Å². The molecule has 0 unspecified atom stereocenters. The van der Waals surface area contributed by atoms with Crippen LogP contribution in [-0.2, 0) is 0 Å². The van der Waals surface area contributed by atoms with E-state index in [1.54, 1.807) is 0 Å². The second kappa shape index (κ2) is 4.85.